The maximum Gasteiger partial charge on any atom is 0.0418 e. The summed E-state index contributed by atoms with van der Waals surface area (Å²) >= 11 is 0. The van der Waals surface area contributed by atoms with Crippen molar-refractivity contribution in [2.45, 2.75) is 12.8 Å². The minimum absolute atomic E-state index is 0.553. The summed E-state index contributed by atoms with van der Waals surface area (Å²) < 4.78 is 12.7. The molecule has 0 amide bonds. The predicted octanol–water partition coefficient (Wildman–Crippen LogP) is 1.76. The monoisotopic (exact) mass is 196 g/mol. The lowest BCUT2D eigenvalue weighted by molar-refractivity contribution is -0.0192. The Bertz CT molecular complexity index is 240. The molecular weight excluding hydrogens is 179 g/mol. The fourth-order valence-electron chi connectivity index (χ4n) is 1.92. The fraction of sp³-hybridized carbons (Fsp3) is 0.636. The molecule has 1 fully saturated rings. The van der Waals surface area contributed by atoms with Crippen LogP contribution < -0.4 is 0 Å². The van der Waals surface area contributed by atoms with E-state index in [9.17, 15) is 4.48 Å². The third kappa shape index (κ3) is 2.66. The lowest BCUT2D eigenvalue weighted by atomic mass is 10.1. The van der Waals surface area contributed by atoms with Gasteiger partial charge in [-0.15, -0.1) is 9.60 Å². The van der Waals surface area contributed by atoms with Crippen LogP contribution in [0.4, 0.5) is 4.48 Å². The molecule has 1 aliphatic carbocycles. The van der Waals surface area contributed by atoms with Gasteiger partial charge in [0.25, 0.3) is 0 Å². The lowest BCUT2D eigenvalue weighted by Gasteiger charge is -2.30. The van der Waals surface area contributed by atoms with Gasteiger partial charge >= 0.3 is 0 Å². The Labute approximate surface area is 84.6 Å². The molecule has 2 aliphatic rings. The summed E-state index contributed by atoms with van der Waals surface area (Å²) in [6.45, 7) is 3.79. The van der Waals surface area contributed by atoms with Gasteiger partial charge in [0.05, 0.1) is 0 Å². The summed E-state index contributed by atoms with van der Waals surface area (Å²) in [4.78, 5) is 2.32. The van der Waals surface area contributed by atoms with E-state index in [1.165, 1.54) is 12.0 Å². The Morgan fingerprint density at radius 3 is 2.57 bits per heavy atom. The Hall–Kier alpha value is -0.670. The zero-order chi connectivity index (χ0) is 9.80. The molecule has 1 heterocycles. The number of hydrogen-bond donors (Lipinski definition) is 0. The van der Waals surface area contributed by atoms with Crippen LogP contribution in [0.1, 0.15) is 12.8 Å². The van der Waals surface area contributed by atoms with Crippen LogP contribution in [0.5, 0.6) is 0 Å². The molecule has 0 aromatic heterocycles. The average Bonchev–Trinajstić information content (AvgIpc) is 2.23. The van der Waals surface area contributed by atoms with Gasteiger partial charge in [0.15, 0.2) is 0 Å². The van der Waals surface area contributed by atoms with Crippen molar-refractivity contribution in [3.8, 4) is 0 Å². The molecule has 0 spiro atoms. The molecule has 1 saturated heterocycles. The molecule has 0 unspecified atom stereocenters. The first-order valence-electron chi connectivity index (χ1n) is 5.33. The maximum absolute atomic E-state index is 12.7. The standard InChI is InChI=1S/C11H17FN2/c12-14-8-6-13(7-9-14)10-11-4-2-1-3-5-11/h2,4-5H,1,3,6-10H2. The summed E-state index contributed by atoms with van der Waals surface area (Å²) in [6.07, 6.45) is 9.05. The van der Waals surface area contributed by atoms with Crippen LogP contribution in [-0.2, 0) is 0 Å². The van der Waals surface area contributed by atoms with Gasteiger partial charge in [-0.1, -0.05) is 18.2 Å². The second-order valence-corrected chi connectivity index (χ2v) is 3.94. The maximum atomic E-state index is 12.7. The van der Waals surface area contributed by atoms with E-state index in [-0.39, 0.29) is 0 Å². The van der Waals surface area contributed by atoms with Crippen molar-refractivity contribution in [3.05, 3.63) is 23.8 Å². The third-order valence-corrected chi connectivity index (χ3v) is 2.80. The van der Waals surface area contributed by atoms with Crippen molar-refractivity contribution < 1.29 is 4.48 Å². The summed E-state index contributed by atoms with van der Waals surface area (Å²) in [5, 5.41) is 0.904. The van der Waals surface area contributed by atoms with Gasteiger partial charge < -0.3 is 0 Å². The second-order valence-electron chi connectivity index (χ2n) is 3.94. The van der Waals surface area contributed by atoms with Gasteiger partial charge in [-0.25, -0.2) is 0 Å². The van der Waals surface area contributed by atoms with Gasteiger partial charge in [0.1, 0.15) is 0 Å². The van der Waals surface area contributed by atoms with E-state index in [2.05, 4.69) is 23.1 Å². The Balaban J connectivity index is 1.80. The van der Waals surface area contributed by atoms with Crippen molar-refractivity contribution in [2.75, 3.05) is 32.7 Å². The van der Waals surface area contributed by atoms with Crippen LogP contribution in [0, 0.1) is 0 Å². The molecule has 0 aromatic carbocycles. The summed E-state index contributed by atoms with van der Waals surface area (Å²) in [5.74, 6) is 0. The molecule has 1 aliphatic heterocycles. The van der Waals surface area contributed by atoms with Crippen LogP contribution >= 0.6 is 0 Å². The summed E-state index contributed by atoms with van der Waals surface area (Å²) in [6, 6.07) is 0. The van der Waals surface area contributed by atoms with Crippen molar-refractivity contribution in [3.63, 3.8) is 0 Å². The number of hydrogen-bond acceptors (Lipinski definition) is 2. The van der Waals surface area contributed by atoms with E-state index in [0.29, 0.717) is 13.1 Å². The zero-order valence-corrected chi connectivity index (χ0v) is 8.45. The van der Waals surface area contributed by atoms with Crippen LogP contribution in [0.15, 0.2) is 23.8 Å². The average molecular weight is 196 g/mol. The minimum atomic E-state index is 0.553. The van der Waals surface area contributed by atoms with Gasteiger partial charge in [0.2, 0.25) is 0 Å². The van der Waals surface area contributed by atoms with E-state index in [1.54, 1.807) is 0 Å². The largest absolute Gasteiger partial charge is 0.296 e. The third-order valence-electron chi connectivity index (χ3n) is 2.80. The molecule has 78 valence electrons. The molecule has 0 atom stereocenters. The quantitative estimate of drug-likeness (QED) is 0.621. The van der Waals surface area contributed by atoms with Crippen molar-refractivity contribution in [2.24, 2.45) is 0 Å². The highest BCUT2D eigenvalue weighted by Gasteiger charge is 2.16. The molecule has 2 rings (SSSR count). The van der Waals surface area contributed by atoms with E-state index >= 15 is 0 Å². The first-order chi connectivity index (χ1) is 6.84. The van der Waals surface area contributed by atoms with Gasteiger partial charge in [-0.3, -0.25) is 4.90 Å². The van der Waals surface area contributed by atoms with Crippen molar-refractivity contribution in [1.29, 1.82) is 0 Å². The van der Waals surface area contributed by atoms with Crippen molar-refractivity contribution >= 4 is 0 Å². The molecule has 0 saturated carbocycles. The number of halogens is 1. The van der Waals surface area contributed by atoms with Crippen LogP contribution in [0.2, 0.25) is 0 Å². The summed E-state index contributed by atoms with van der Waals surface area (Å²) in [7, 11) is 0. The molecular formula is C11H17FN2. The highest BCUT2D eigenvalue weighted by molar-refractivity contribution is 5.23. The molecule has 0 N–H and O–H groups in total. The Kier molecular flexibility index (Phi) is 3.32. The van der Waals surface area contributed by atoms with E-state index in [4.69, 9.17) is 0 Å². The van der Waals surface area contributed by atoms with Gasteiger partial charge in [-0.05, 0) is 18.4 Å². The smallest absolute Gasteiger partial charge is 0.0418 e. The zero-order valence-electron chi connectivity index (χ0n) is 8.45. The Morgan fingerprint density at radius 2 is 1.93 bits per heavy atom. The molecule has 14 heavy (non-hydrogen) atoms. The van der Waals surface area contributed by atoms with E-state index < -0.39 is 0 Å². The molecule has 0 bridgehead atoms. The SMILES string of the molecule is FN1CCN(CC2=CCCC=C2)CC1. The molecule has 3 heteroatoms. The minimum Gasteiger partial charge on any atom is -0.296 e. The van der Waals surface area contributed by atoms with Crippen molar-refractivity contribution in [1.82, 2.24) is 10.0 Å². The highest BCUT2D eigenvalue weighted by Crippen LogP contribution is 2.12. The van der Waals surface area contributed by atoms with E-state index in [1.807, 2.05) is 0 Å². The highest BCUT2D eigenvalue weighted by atomic mass is 19.2. The van der Waals surface area contributed by atoms with Gasteiger partial charge in [0, 0.05) is 32.7 Å². The molecule has 0 aromatic rings. The van der Waals surface area contributed by atoms with Crippen LogP contribution in [0.25, 0.3) is 0 Å². The fourth-order valence-corrected chi connectivity index (χ4v) is 1.92. The molecule has 0 radical (unpaired) electrons. The predicted molar refractivity (Wildman–Crippen MR) is 55.6 cm³/mol. The first-order valence-corrected chi connectivity index (χ1v) is 5.33. The van der Waals surface area contributed by atoms with E-state index in [0.717, 1.165) is 31.2 Å². The van der Waals surface area contributed by atoms with Gasteiger partial charge in [-0.2, -0.15) is 0 Å². The number of allylic oxidation sites excluding steroid dienone is 2. The van der Waals surface area contributed by atoms with Crippen LogP contribution in [0.3, 0.4) is 0 Å². The first kappa shape index (κ1) is 9.87. The number of rotatable bonds is 2. The summed E-state index contributed by atoms with van der Waals surface area (Å²) in [5.41, 5.74) is 1.39. The number of nitrogens with zero attached hydrogens (tertiary/aromatic N) is 2. The topological polar surface area (TPSA) is 6.48 Å². The lowest BCUT2D eigenvalue weighted by Crippen LogP contribution is -2.43. The van der Waals surface area contributed by atoms with Crippen LogP contribution in [-0.4, -0.2) is 42.7 Å². The molecule has 2 nitrogen and oxygen atoms in total. The number of piperazine rings is 1. The second kappa shape index (κ2) is 4.71. The Morgan fingerprint density at radius 1 is 1.14 bits per heavy atom. The normalized spacial score (nSPS) is 25.1.